The van der Waals surface area contributed by atoms with Gasteiger partial charge in [-0.05, 0) is 132 Å². The maximum Gasteiger partial charge on any atom is 0.224 e. The number of benzene rings is 4. The number of rotatable bonds is 16. The zero-order valence-corrected chi connectivity index (χ0v) is 61.7. The predicted octanol–water partition coefficient (Wildman–Crippen LogP) is 12.8. The summed E-state index contributed by atoms with van der Waals surface area (Å²) in [6.07, 6.45) is 29.0. The van der Waals surface area contributed by atoms with Gasteiger partial charge in [-0.3, -0.25) is 39.1 Å². The Bertz CT molecular complexity index is 4560. The van der Waals surface area contributed by atoms with E-state index in [9.17, 15) is 9.13 Å². The first kappa shape index (κ1) is 69.3. The van der Waals surface area contributed by atoms with Crippen molar-refractivity contribution in [2.75, 3.05) is 119 Å². The van der Waals surface area contributed by atoms with Crippen molar-refractivity contribution in [3.63, 3.8) is 0 Å². The molecule has 2 saturated carbocycles. The van der Waals surface area contributed by atoms with Crippen LogP contribution in [0, 0.1) is 0 Å². The van der Waals surface area contributed by atoms with E-state index in [2.05, 4.69) is 132 Å². The lowest BCUT2D eigenvalue weighted by molar-refractivity contribution is 0.187. The SMILES string of the molecule is COc1cc(N2CCN(C3CCCC3)CC2)c(-c2cnn(C)c2)cc1Cc1ncc(Br)c(Nc2ccc3nccnc3c2P(C)(C)=O)n1.COc1cc(N2CCN(C3CCCC3)CC2)c(-c2cnn(C)c2)cc1N.CP(C)(=O)c1c(Nc2nc(Cl)ncc2Br)ccc2nccnc12. The Morgan fingerprint density at radius 1 is 0.567 bits per heavy atom. The zero-order valence-electron chi connectivity index (χ0n) is 56.0. The Labute approximate surface area is 587 Å². The van der Waals surface area contributed by atoms with Crippen LogP contribution in [0.5, 0.6) is 11.5 Å². The number of nitrogens with one attached hydrogen (secondary N) is 2. The van der Waals surface area contributed by atoms with Crippen LogP contribution in [0.15, 0.2) is 119 Å². The van der Waals surface area contributed by atoms with Gasteiger partial charge in [-0.2, -0.15) is 15.2 Å². The molecule has 4 aromatic carbocycles. The van der Waals surface area contributed by atoms with Gasteiger partial charge in [0.2, 0.25) is 5.28 Å². The summed E-state index contributed by atoms with van der Waals surface area (Å²) in [6.45, 7) is 15.3. The molecule has 4 aliphatic rings. The maximum absolute atomic E-state index is 13.5. The van der Waals surface area contributed by atoms with Crippen LogP contribution >= 0.6 is 57.7 Å². The molecule has 0 spiro atoms. The standard InChI is InChI=1S/C35H41BrN9O2P.C20H29N5O.C14H12BrClN5OP/c1-43-22-24(20-40-43)26-17-23(31(47-2)19-30(26)45-15-13-44(14-16-45)25-7-5-6-8-25)18-32-39-21-27(36)35(42-32)41-29-10-9-28-33(38-12-11-37-28)34(29)48(3,4)46;1-23-14-15(13-22-23)17-11-18(21)20(26-2)12-19(17)25-9-7-24(8-10-25)16-5-3-4-6-16;1-23(2,22)12-10(4-3-9-11(12)18-6-5-17-9)20-13-8(15)7-19-14(16)21-13/h9-12,17,19-22,25H,5-8,13-16,18H2,1-4H3,(H,39,41,42);11-14,16H,3-10,21H2,1-2H3;3-7H,1-2H3,(H,19,20,21). The molecule has 2 saturated heterocycles. The van der Waals surface area contributed by atoms with E-state index in [1.807, 2.05) is 72.4 Å². The first-order valence-electron chi connectivity index (χ1n) is 32.7. The van der Waals surface area contributed by atoms with E-state index in [-0.39, 0.29) is 5.28 Å². The number of halogens is 3. The molecule has 14 rings (SSSR count). The quantitative estimate of drug-likeness (QED) is 0.0462. The molecule has 2 aliphatic carbocycles. The molecule has 28 heteroatoms. The van der Waals surface area contributed by atoms with Crippen LogP contribution in [0.2, 0.25) is 5.28 Å². The third kappa shape index (κ3) is 16.1. The largest absolute Gasteiger partial charge is 0.496 e. The van der Waals surface area contributed by atoms with Crippen LogP contribution in [0.25, 0.3) is 44.3 Å². The number of aromatic nitrogens is 12. The zero-order chi connectivity index (χ0) is 68.1. The van der Waals surface area contributed by atoms with Gasteiger partial charge in [0, 0.05) is 186 Å². The Kier molecular flexibility index (Phi) is 21.6. The highest BCUT2D eigenvalue weighted by Crippen LogP contribution is 2.45. The number of methoxy groups -OCH3 is 2. The first-order valence-corrected chi connectivity index (χ1v) is 39.8. The lowest BCUT2D eigenvalue weighted by Crippen LogP contribution is -2.49. The number of hydrogen-bond donors (Lipinski definition) is 3. The van der Waals surface area contributed by atoms with E-state index in [4.69, 9.17) is 31.8 Å². The Morgan fingerprint density at radius 3 is 1.46 bits per heavy atom. The predicted molar refractivity (Wildman–Crippen MR) is 398 cm³/mol. The van der Waals surface area contributed by atoms with Gasteiger partial charge in [0.15, 0.2) is 0 Å². The third-order valence-electron chi connectivity index (χ3n) is 18.4. The van der Waals surface area contributed by atoms with Crippen LogP contribution in [0.1, 0.15) is 62.8 Å². The highest BCUT2D eigenvalue weighted by atomic mass is 79.9. The summed E-state index contributed by atoms with van der Waals surface area (Å²) in [5.41, 5.74) is 18.5. The molecule has 0 unspecified atom stereocenters. The van der Waals surface area contributed by atoms with E-state index in [0.717, 1.165) is 109 Å². The van der Waals surface area contributed by atoms with Crippen LogP contribution in [-0.2, 0) is 29.6 Å². The summed E-state index contributed by atoms with van der Waals surface area (Å²) in [5.74, 6) is 3.22. The van der Waals surface area contributed by atoms with E-state index >= 15 is 0 Å². The smallest absolute Gasteiger partial charge is 0.224 e. The lowest BCUT2D eigenvalue weighted by Gasteiger charge is -2.40. The fourth-order valence-electron chi connectivity index (χ4n) is 13.8. The number of hydrogen-bond acceptors (Lipinski definition) is 21. The number of ether oxygens (including phenoxy) is 2. The highest BCUT2D eigenvalue weighted by Gasteiger charge is 2.31. The second-order valence-corrected chi connectivity index (χ2v) is 34.1. The first-order chi connectivity index (χ1) is 46.7. The monoisotopic (exact) mass is 1500 g/mol. The normalized spacial score (nSPS) is 15.9. The third-order valence-corrected chi connectivity index (χ3v) is 22.8. The molecule has 23 nitrogen and oxygen atoms in total. The van der Waals surface area contributed by atoms with Crippen LogP contribution in [0.3, 0.4) is 0 Å². The molecule has 6 aromatic heterocycles. The lowest BCUT2D eigenvalue weighted by atomic mass is 9.99. The van der Waals surface area contributed by atoms with E-state index in [1.54, 1.807) is 78.1 Å². The molecule has 97 heavy (non-hydrogen) atoms. The van der Waals surface area contributed by atoms with Gasteiger partial charge in [0.1, 0.15) is 54.3 Å². The topological polar surface area (TPSA) is 254 Å². The van der Waals surface area contributed by atoms with E-state index < -0.39 is 14.3 Å². The molecule has 8 heterocycles. The number of nitrogens with zero attached hydrogens (tertiary/aromatic N) is 16. The summed E-state index contributed by atoms with van der Waals surface area (Å²) in [5, 5.41) is 16.8. The fraction of sp³-hybridized carbons (Fsp3) is 0.391. The number of piperazine rings is 2. The van der Waals surface area contributed by atoms with Gasteiger partial charge < -0.3 is 44.8 Å². The number of fused-ring (bicyclic) bond motifs is 2. The highest BCUT2D eigenvalue weighted by molar-refractivity contribution is 9.11. The Balaban J connectivity index is 0.000000154. The van der Waals surface area contributed by atoms with E-state index in [0.29, 0.717) is 82.6 Å². The number of nitrogens with two attached hydrogens (primary N) is 1. The fourth-order valence-corrected chi connectivity index (χ4v) is 17.3. The Hall–Kier alpha value is -7.63. The molecule has 0 bridgehead atoms. The minimum atomic E-state index is -2.74. The Morgan fingerprint density at radius 2 is 1.01 bits per heavy atom. The maximum atomic E-state index is 13.5. The van der Waals surface area contributed by atoms with Crippen molar-refractivity contribution < 1.29 is 18.6 Å². The molecule has 4 fully saturated rings. The number of anilines is 7. The second-order valence-electron chi connectivity index (χ2n) is 25.7. The van der Waals surface area contributed by atoms with Crippen molar-refractivity contribution in [1.29, 1.82) is 0 Å². The summed E-state index contributed by atoms with van der Waals surface area (Å²) in [4.78, 5) is 45.5. The second kappa shape index (κ2) is 30.2. The number of nitrogen functional groups attached to an aromatic ring is 1. The van der Waals surface area contributed by atoms with Crippen molar-refractivity contribution in [2.24, 2.45) is 14.1 Å². The van der Waals surface area contributed by atoms with Crippen molar-refractivity contribution in [3.8, 4) is 33.8 Å². The summed E-state index contributed by atoms with van der Waals surface area (Å²) in [7, 11) is 1.92. The van der Waals surface area contributed by atoms with Crippen molar-refractivity contribution >= 4 is 130 Å². The van der Waals surface area contributed by atoms with Gasteiger partial charge >= 0.3 is 0 Å². The molecular weight excluding hydrogens is 1420 g/mol. The molecule has 0 radical (unpaired) electrons. The molecular formula is C69H82Br2ClN19O4P2. The van der Waals surface area contributed by atoms with E-state index in [1.165, 1.54) is 57.1 Å². The molecule has 2 aliphatic heterocycles. The van der Waals surface area contributed by atoms with Gasteiger partial charge in [0.25, 0.3) is 0 Å². The van der Waals surface area contributed by atoms with Crippen LogP contribution in [-0.4, -0.2) is 175 Å². The van der Waals surface area contributed by atoms with Crippen LogP contribution < -0.4 is 46.2 Å². The van der Waals surface area contributed by atoms with Crippen molar-refractivity contribution in [3.05, 3.63) is 136 Å². The van der Waals surface area contributed by atoms with Crippen LogP contribution in [0.4, 0.5) is 40.1 Å². The molecule has 0 atom stereocenters. The minimum Gasteiger partial charge on any atom is -0.496 e. The van der Waals surface area contributed by atoms with Crippen molar-refractivity contribution in [2.45, 2.75) is 69.9 Å². The average Bonchev–Trinajstić information content (AvgIpc) is 1.79. The van der Waals surface area contributed by atoms with Gasteiger partial charge in [-0.15, -0.1) is 0 Å². The van der Waals surface area contributed by atoms with Crippen molar-refractivity contribution in [1.82, 2.24) is 69.2 Å². The molecule has 0 amide bonds. The summed E-state index contributed by atoms with van der Waals surface area (Å²) < 4.78 is 42.8. The summed E-state index contributed by atoms with van der Waals surface area (Å²) >= 11 is 12.8. The van der Waals surface area contributed by atoms with Gasteiger partial charge in [-0.25, -0.2) is 15.0 Å². The average molecular weight is 1500 g/mol. The molecule has 4 N–H and O–H groups in total. The molecule has 10 aromatic rings. The minimum absolute atomic E-state index is 0.119. The number of aryl methyl sites for hydroxylation is 2. The van der Waals surface area contributed by atoms with Gasteiger partial charge in [0.05, 0.1) is 74.3 Å². The van der Waals surface area contributed by atoms with Gasteiger partial charge in [-0.1, -0.05) is 25.7 Å². The molecule has 508 valence electrons. The summed E-state index contributed by atoms with van der Waals surface area (Å²) in [6, 6.07) is 17.4.